The Balaban J connectivity index is 1.77. The van der Waals surface area contributed by atoms with Crippen molar-refractivity contribution >= 4 is 17.8 Å². The molecule has 0 bridgehead atoms. The van der Waals surface area contributed by atoms with Crippen LogP contribution in [0.2, 0.25) is 0 Å². The largest absolute Gasteiger partial charge is 0.436 e. The van der Waals surface area contributed by atoms with Crippen molar-refractivity contribution in [2.45, 2.75) is 77.8 Å². The van der Waals surface area contributed by atoms with Crippen molar-refractivity contribution < 1.29 is 37.0 Å². The third-order valence-electron chi connectivity index (χ3n) is 6.55. The van der Waals surface area contributed by atoms with Crippen molar-refractivity contribution in [1.82, 2.24) is 25.7 Å². The number of aromatic amines is 1. The van der Waals surface area contributed by atoms with E-state index in [0.717, 1.165) is 18.6 Å². The van der Waals surface area contributed by atoms with Crippen molar-refractivity contribution in [3.8, 4) is 11.5 Å². The maximum absolute atomic E-state index is 13.0. The molecule has 3 rings (SSSR count). The number of aliphatic hydroxyl groups is 1. The summed E-state index contributed by atoms with van der Waals surface area (Å²) < 4.78 is 50.2. The van der Waals surface area contributed by atoms with Gasteiger partial charge in [0.25, 0.3) is 11.8 Å². The number of alkyl carbamates (subject to hydrolysis) is 1. The number of aromatic nitrogens is 4. The molecule has 4 N–H and O–H groups in total. The van der Waals surface area contributed by atoms with E-state index in [9.17, 15) is 27.9 Å². The molecule has 218 valence electrons. The quantitative estimate of drug-likeness (QED) is 0.232. The molecule has 0 fully saturated rings. The fraction of sp³-hybridized carbons (Fsp3) is 0.500. The average Bonchev–Trinajstić information content (AvgIpc) is 3.61. The van der Waals surface area contributed by atoms with Crippen LogP contribution >= 0.6 is 0 Å². The van der Waals surface area contributed by atoms with Gasteiger partial charge in [-0.25, -0.2) is 4.79 Å². The van der Waals surface area contributed by atoms with Gasteiger partial charge >= 0.3 is 12.3 Å². The molecule has 40 heavy (non-hydrogen) atoms. The highest BCUT2D eigenvalue weighted by Crippen LogP contribution is 2.40. The first-order chi connectivity index (χ1) is 18.9. The number of rotatable bonds is 12. The molecule has 11 nitrogen and oxygen atoms in total. The summed E-state index contributed by atoms with van der Waals surface area (Å²) in [5, 5.41) is 30.0. The number of alkyl halides is 3. The lowest BCUT2D eigenvalue weighted by Crippen LogP contribution is -2.49. The van der Waals surface area contributed by atoms with Gasteiger partial charge in [-0.3, -0.25) is 9.89 Å². The molecule has 3 aromatic rings. The van der Waals surface area contributed by atoms with Crippen LogP contribution in [0.3, 0.4) is 0 Å². The summed E-state index contributed by atoms with van der Waals surface area (Å²) in [6.45, 7) is 7.42. The number of amides is 2. The second-order valence-corrected chi connectivity index (χ2v) is 9.95. The Morgan fingerprint density at radius 2 is 1.82 bits per heavy atom. The highest BCUT2D eigenvalue weighted by molar-refractivity contribution is 5.94. The van der Waals surface area contributed by atoms with Crippen molar-refractivity contribution in [3.63, 3.8) is 0 Å². The zero-order valence-corrected chi connectivity index (χ0v) is 22.6. The fourth-order valence-corrected chi connectivity index (χ4v) is 3.73. The van der Waals surface area contributed by atoms with Crippen LogP contribution in [0, 0.1) is 5.41 Å². The molecule has 0 aliphatic heterocycles. The zero-order chi connectivity index (χ0) is 29.5. The number of carbonyl (C=O) groups is 2. The minimum absolute atomic E-state index is 0.0450. The van der Waals surface area contributed by atoms with E-state index >= 15 is 0 Å². The molecule has 0 aliphatic rings. The molecule has 3 atom stereocenters. The van der Waals surface area contributed by atoms with E-state index in [1.165, 1.54) is 24.4 Å². The molecule has 0 aliphatic carbocycles. The fourth-order valence-electron chi connectivity index (χ4n) is 3.73. The molecule has 0 saturated carbocycles. The monoisotopic (exact) mass is 566 g/mol. The van der Waals surface area contributed by atoms with Crippen molar-refractivity contribution in [2.75, 3.05) is 5.32 Å². The first-order valence-electron chi connectivity index (χ1n) is 12.8. The van der Waals surface area contributed by atoms with E-state index in [4.69, 9.17) is 9.15 Å². The lowest BCUT2D eigenvalue weighted by atomic mass is 9.83. The summed E-state index contributed by atoms with van der Waals surface area (Å²) in [6, 6.07) is 4.77. The van der Waals surface area contributed by atoms with Crippen LogP contribution < -0.4 is 10.6 Å². The molecular weight excluding hydrogens is 533 g/mol. The Morgan fingerprint density at radius 3 is 2.40 bits per heavy atom. The number of nitrogens with one attached hydrogen (secondary N) is 3. The third-order valence-corrected chi connectivity index (χ3v) is 6.55. The predicted octanol–water partition coefficient (Wildman–Crippen LogP) is 5.24. The molecule has 0 saturated heterocycles. The summed E-state index contributed by atoms with van der Waals surface area (Å²) in [6.07, 6.45) is -4.42. The van der Waals surface area contributed by atoms with Gasteiger partial charge in [-0.15, -0.1) is 10.2 Å². The van der Waals surface area contributed by atoms with Crippen LogP contribution in [0.5, 0.6) is 0 Å². The van der Waals surface area contributed by atoms with Crippen molar-refractivity contribution in [1.29, 1.82) is 0 Å². The van der Waals surface area contributed by atoms with Gasteiger partial charge < -0.3 is 24.9 Å². The number of aliphatic hydroxyl groups excluding tert-OH is 1. The average molecular weight is 567 g/mol. The van der Waals surface area contributed by atoms with Crippen LogP contribution in [0.25, 0.3) is 11.5 Å². The maximum Gasteiger partial charge on any atom is 0.416 e. The van der Waals surface area contributed by atoms with E-state index in [1.807, 2.05) is 27.7 Å². The zero-order valence-electron chi connectivity index (χ0n) is 22.6. The van der Waals surface area contributed by atoms with Gasteiger partial charge in [-0.05, 0) is 37.1 Å². The van der Waals surface area contributed by atoms with Gasteiger partial charge in [0.15, 0.2) is 12.2 Å². The molecule has 2 amide bonds. The number of carbonyl (C=O) groups excluding carboxylic acids is 2. The Labute approximate surface area is 228 Å². The van der Waals surface area contributed by atoms with Gasteiger partial charge in [0.05, 0.1) is 17.8 Å². The second-order valence-electron chi connectivity index (χ2n) is 9.95. The summed E-state index contributed by atoms with van der Waals surface area (Å²) in [5.41, 5.74) is -1.26. The SMILES string of the molecule is CCCC[C@H](NC(=O)O[C@@H](c1nnc(-c2ccc(C(F)(F)F)cc2)o1)C(C)(C)CC)[C@@H](O)C(=O)Nc1ccn[nH]1. The number of hydrogen-bond donors (Lipinski definition) is 4. The van der Waals surface area contributed by atoms with E-state index in [1.54, 1.807) is 0 Å². The Bertz CT molecular complexity index is 1240. The van der Waals surface area contributed by atoms with Crippen LogP contribution in [0.4, 0.5) is 23.8 Å². The number of benzene rings is 1. The van der Waals surface area contributed by atoms with Crippen LogP contribution in [0.15, 0.2) is 40.9 Å². The second kappa shape index (κ2) is 12.9. The minimum atomic E-state index is -4.49. The number of H-pyrrole nitrogens is 1. The lowest BCUT2D eigenvalue weighted by Gasteiger charge is -2.31. The van der Waals surface area contributed by atoms with E-state index in [2.05, 4.69) is 31.0 Å². The normalized spacial score (nSPS) is 14.3. The minimum Gasteiger partial charge on any atom is -0.436 e. The molecular formula is C26H33F3N6O5. The Morgan fingerprint density at radius 1 is 1.12 bits per heavy atom. The summed E-state index contributed by atoms with van der Waals surface area (Å²) in [4.78, 5) is 25.6. The first kappa shape index (κ1) is 30.6. The molecule has 0 unspecified atom stereocenters. The number of anilines is 1. The van der Waals surface area contributed by atoms with Crippen LogP contribution in [0.1, 0.15) is 70.9 Å². The summed E-state index contributed by atoms with van der Waals surface area (Å²) >= 11 is 0. The molecule has 0 radical (unpaired) electrons. The number of ether oxygens (including phenoxy) is 1. The van der Waals surface area contributed by atoms with Crippen LogP contribution in [-0.2, 0) is 15.7 Å². The Kier molecular flexibility index (Phi) is 9.90. The van der Waals surface area contributed by atoms with Crippen LogP contribution in [-0.4, -0.2) is 49.6 Å². The van der Waals surface area contributed by atoms with Crippen molar-refractivity contribution in [2.24, 2.45) is 5.41 Å². The smallest absolute Gasteiger partial charge is 0.416 e. The van der Waals surface area contributed by atoms with E-state index < -0.39 is 47.4 Å². The van der Waals surface area contributed by atoms with Crippen molar-refractivity contribution in [3.05, 3.63) is 48.0 Å². The van der Waals surface area contributed by atoms with E-state index in [0.29, 0.717) is 19.3 Å². The van der Waals surface area contributed by atoms with Gasteiger partial charge in [0.2, 0.25) is 5.89 Å². The topological polar surface area (TPSA) is 155 Å². The lowest BCUT2D eigenvalue weighted by molar-refractivity contribution is -0.137. The van der Waals surface area contributed by atoms with Gasteiger partial charge in [-0.2, -0.15) is 18.3 Å². The molecule has 2 heterocycles. The number of nitrogens with zero attached hydrogens (tertiary/aromatic N) is 3. The summed E-state index contributed by atoms with van der Waals surface area (Å²) in [5.74, 6) is -0.559. The Hall–Kier alpha value is -3.94. The maximum atomic E-state index is 13.0. The predicted molar refractivity (Wildman–Crippen MR) is 138 cm³/mol. The first-order valence-corrected chi connectivity index (χ1v) is 12.8. The number of halogens is 3. The highest BCUT2D eigenvalue weighted by Gasteiger charge is 2.38. The van der Waals surface area contributed by atoms with E-state index in [-0.39, 0.29) is 23.2 Å². The molecule has 1 aromatic carbocycles. The molecule has 14 heteroatoms. The number of unbranched alkanes of at least 4 members (excludes halogenated alkanes) is 1. The van der Waals surface area contributed by atoms with Gasteiger partial charge in [0, 0.05) is 17.0 Å². The molecule has 0 spiro atoms. The van der Waals surface area contributed by atoms with Gasteiger partial charge in [-0.1, -0.05) is 40.5 Å². The summed E-state index contributed by atoms with van der Waals surface area (Å²) in [7, 11) is 0. The van der Waals surface area contributed by atoms with Gasteiger partial charge in [0.1, 0.15) is 5.82 Å². The molecule has 2 aromatic heterocycles. The highest BCUT2D eigenvalue weighted by atomic mass is 19.4. The standard InChI is InChI=1S/C26H33F3N6O5/c1-5-7-8-17(19(36)21(37)32-18-13-14-30-33-18)31-24(38)39-20(25(3,4)6-2)23-35-34-22(40-23)15-9-11-16(12-10-15)26(27,28)29/h9-14,17,19-20,36H,5-8H2,1-4H3,(H,31,38)(H2,30,32,33,37)/t17-,19+,20-/m0/s1. The third kappa shape index (κ3) is 7.81. The number of hydrogen-bond acceptors (Lipinski definition) is 8.